The van der Waals surface area contributed by atoms with Gasteiger partial charge in [0.15, 0.2) is 0 Å². The van der Waals surface area contributed by atoms with Gasteiger partial charge in [-0.05, 0) is 48.9 Å². The molecule has 0 amide bonds. The average molecular weight is 411 g/mol. The van der Waals surface area contributed by atoms with Crippen LogP contribution in [0.15, 0.2) is 63.1 Å². The number of carbonyl (C=O) groups excluding carboxylic acids is 1. The van der Waals surface area contributed by atoms with Crippen molar-refractivity contribution in [2.45, 2.75) is 13.5 Å². The van der Waals surface area contributed by atoms with Crippen LogP contribution in [0.4, 0.5) is 10.1 Å². The molecule has 0 saturated heterocycles. The summed E-state index contributed by atoms with van der Waals surface area (Å²) in [6.45, 7) is 1.89. The Morgan fingerprint density at radius 2 is 1.83 bits per heavy atom. The second kappa shape index (κ2) is 8.99. The molecule has 0 fully saturated rings. The predicted molar refractivity (Wildman–Crippen MR) is 108 cm³/mol. The SMILES string of the molecule is CCOC(=O)c1ccc(N=Cc2c(O)n(Cc3ccc(F)cc3)c(=O)[nH]c2=O)cc1. The Balaban J connectivity index is 1.88. The quantitative estimate of drug-likeness (QED) is 0.477. The van der Waals surface area contributed by atoms with Crippen molar-refractivity contribution < 1.29 is 19.0 Å². The molecule has 3 aromatic rings. The molecule has 1 aromatic heterocycles. The van der Waals surface area contributed by atoms with Crippen LogP contribution in [0.25, 0.3) is 0 Å². The molecule has 30 heavy (non-hydrogen) atoms. The molecule has 0 aliphatic heterocycles. The van der Waals surface area contributed by atoms with Gasteiger partial charge in [-0.25, -0.2) is 14.0 Å². The molecule has 3 rings (SSSR count). The summed E-state index contributed by atoms with van der Waals surface area (Å²) < 4.78 is 18.9. The predicted octanol–water partition coefficient (Wildman–Crippen LogP) is 2.36. The van der Waals surface area contributed by atoms with Crippen molar-refractivity contribution in [3.8, 4) is 5.88 Å². The highest BCUT2D eigenvalue weighted by Gasteiger charge is 2.13. The van der Waals surface area contributed by atoms with E-state index in [1.807, 2.05) is 0 Å². The monoisotopic (exact) mass is 411 g/mol. The number of hydrogen-bond donors (Lipinski definition) is 2. The lowest BCUT2D eigenvalue weighted by Gasteiger charge is -2.09. The van der Waals surface area contributed by atoms with Crippen LogP contribution in [-0.2, 0) is 11.3 Å². The minimum absolute atomic E-state index is 0.0726. The number of benzene rings is 2. The highest BCUT2D eigenvalue weighted by molar-refractivity contribution is 5.90. The number of hydrogen-bond acceptors (Lipinski definition) is 6. The summed E-state index contributed by atoms with van der Waals surface area (Å²) in [6.07, 6.45) is 1.12. The van der Waals surface area contributed by atoms with Crippen molar-refractivity contribution in [3.05, 3.63) is 91.9 Å². The van der Waals surface area contributed by atoms with Crippen molar-refractivity contribution in [2.75, 3.05) is 6.61 Å². The second-order valence-electron chi connectivity index (χ2n) is 6.23. The Labute approximate surface area is 169 Å². The van der Waals surface area contributed by atoms with E-state index in [0.717, 1.165) is 10.8 Å². The topological polar surface area (TPSA) is 114 Å². The molecule has 0 saturated carbocycles. The van der Waals surface area contributed by atoms with Crippen molar-refractivity contribution in [1.29, 1.82) is 0 Å². The lowest BCUT2D eigenvalue weighted by atomic mass is 10.2. The number of aliphatic imine (C=N–C) groups is 1. The molecule has 0 aliphatic carbocycles. The van der Waals surface area contributed by atoms with Gasteiger partial charge in [0.25, 0.3) is 5.56 Å². The van der Waals surface area contributed by atoms with Crippen LogP contribution in [-0.4, -0.2) is 33.4 Å². The van der Waals surface area contributed by atoms with Gasteiger partial charge in [0, 0.05) is 6.21 Å². The number of nitrogens with one attached hydrogen (secondary N) is 1. The molecular weight excluding hydrogens is 393 g/mol. The average Bonchev–Trinajstić information content (AvgIpc) is 2.73. The number of aromatic nitrogens is 2. The third kappa shape index (κ3) is 4.69. The van der Waals surface area contributed by atoms with Crippen molar-refractivity contribution in [2.24, 2.45) is 4.99 Å². The van der Waals surface area contributed by atoms with Crippen molar-refractivity contribution in [3.63, 3.8) is 0 Å². The molecule has 0 atom stereocenters. The molecule has 0 spiro atoms. The van der Waals surface area contributed by atoms with Crippen LogP contribution in [0.3, 0.4) is 0 Å². The fourth-order valence-electron chi connectivity index (χ4n) is 2.65. The first-order valence-electron chi connectivity index (χ1n) is 9.01. The smallest absolute Gasteiger partial charge is 0.338 e. The van der Waals surface area contributed by atoms with Crippen molar-refractivity contribution >= 4 is 17.9 Å². The normalized spacial score (nSPS) is 11.0. The van der Waals surface area contributed by atoms with E-state index < -0.39 is 28.9 Å². The van der Waals surface area contributed by atoms with Crippen LogP contribution in [0.5, 0.6) is 5.88 Å². The van der Waals surface area contributed by atoms with E-state index in [-0.39, 0.29) is 18.7 Å². The number of nitrogens with zero attached hydrogens (tertiary/aromatic N) is 2. The van der Waals surface area contributed by atoms with E-state index in [9.17, 15) is 23.9 Å². The van der Waals surface area contributed by atoms with Gasteiger partial charge in [-0.3, -0.25) is 19.3 Å². The second-order valence-corrected chi connectivity index (χ2v) is 6.23. The molecule has 154 valence electrons. The van der Waals surface area contributed by atoms with E-state index in [2.05, 4.69) is 9.98 Å². The highest BCUT2D eigenvalue weighted by atomic mass is 19.1. The molecule has 2 N–H and O–H groups in total. The number of aromatic amines is 1. The summed E-state index contributed by atoms with van der Waals surface area (Å²) >= 11 is 0. The number of rotatable bonds is 6. The third-order valence-electron chi connectivity index (χ3n) is 4.18. The molecule has 0 unspecified atom stereocenters. The Hall–Kier alpha value is -4.01. The minimum atomic E-state index is -0.808. The molecule has 0 aliphatic rings. The van der Waals surface area contributed by atoms with E-state index in [1.54, 1.807) is 19.1 Å². The van der Waals surface area contributed by atoms with E-state index in [4.69, 9.17) is 4.74 Å². The molecule has 9 heteroatoms. The molecule has 8 nitrogen and oxygen atoms in total. The largest absolute Gasteiger partial charge is 0.494 e. The third-order valence-corrected chi connectivity index (χ3v) is 4.18. The fraction of sp³-hybridized carbons (Fsp3) is 0.143. The maximum absolute atomic E-state index is 13.1. The fourth-order valence-corrected chi connectivity index (χ4v) is 2.65. The van der Waals surface area contributed by atoms with Gasteiger partial charge in [0.05, 0.1) is 24.4 Å². The number of H-pyrrole nitrogens is 1. The maximum Gasteiger partial charge on any atom is 0.338 e. The molecular formula is C21H18FN3O5. The Kier molecular flexibility index (Phi) is 6.21. The molecule has 0 bridgehead atoms. The number of esters is 1. The number of halogens is 1. The zero-order chi connectivity index (χ0) is 21.7. The van der Waals surface area contributed by atoms with Gasteiger partial charge >= 0.3 is 11.7 Å². The van der Waals surface area contributed by atoms with E-state index >= 15 is 0 Å². The van der Waals surface area contributed by atoms with Gasteiger partial charge in [0.1, 0.15) is 11.4 Å². The zero-order valence-electron chi connectivity index (χ0n) is 16.0. The number of aromatic hydroxyl groups is 1. The van der Waals surface area contributed by atoms with Gasteiger partial charge in [-0.2, -0.15) is 0 Å². The molecule has 1 heterocycles. The van der Waals surface area contributed by atoms with Crippen LogP contribution < -0.4 is 11.2 Å². The summed E-state index contributed by atoms with van der Waals surface area (Å²) in [7, 11) is 0. The van der Waals surface area contributed by atoms with E-state index in [1.165, 1.54) is 36.4 Å². The van der Waals surface area contributed by atoms with Gasteiger partial charge in [-0.1, -0.05) is 12.1 Å². The lowest BCUT2D eigenvalue weighted by Crippen LogP contribution is -2.32. The van der Waals surface area contributed by atoms with Crippen LogP contribution in [0, 0.1) is 5.82 Å². The minimum Gasteiger partial charge on any atom is -0.494 e. The van der Waals surface area contributed by atoms with Gasteiger partial charge in [-0.15, -0.1) is 0 Å². The number of ether oxygens (including phenoxy) is 1. The summed E-state index contributed by atoms with van der Waals surface area (Å²) in [5.41, 5.74) is -0.510. The van der Waals surface area contributed by atoms with Crippen LogP contribution in [0.1, 0.15) is 28.4 Å². The number of carbonyl (C=O) groups is 1. The molecule has 2 aromatic carbocycles. The zero-order valence-corrected chi connectivity index (χ0v) is 16.0. The van der Waals surface area contributed by atoms with Crippen LogP contribution in [0.2, 0.25) is 0 Å². The van der Waals surface area contributed by atoms with Crippen LogP contribution >= 0.6 is 0 Å². The lowest BCUT2D eigenvalue weighted by molar-refractivity contribution is 0.0526. The first kappa shape index (κ1) is 20.7. The van der Waals surface area contributed by atoms with Crippen molar-refractivity contribution in [1.82, 2.24) is 9.55 Å². The summed E-state index contributed by atoms with van der Waals surface area (Å²) in [4.78, 5) is 42.1. The molecule has 0 radical (unpaired) electrons. The first-order chi connectivity index (χ1) is 14.4. The van der Waals surface area contributed by atoms with Gasteiger partial charge in [0.2, 0.25) is 5.88 Å². The Morgan fingerprint density at radius 3 is 2.47 bits per heavy atom. The summed E-state index contributed by atoms with van der Waals surface area (Å²) in [5.74, 6) is -1.46. The maximum atomic E-state index is 13.1. The highest BCUT2D eigenvalue weighted by Crippen LogP contribution is 2.16. The van der Waals surface area contributed by atoms with Gasteiger partial charge < -0.3 is 9.84 Å². The Bertz CT molecular complexity index is 1200. The summed E-state index contributed by atoms with van der Waals surface area (Å²) in [6, 6.07) is 11.5. The van der Waals surface area contributed by atoms with E-state index in [0.29, 0.717) is 16.8 Å². The standard InChI is InChI=1S/C21H18FN3O5/c1-2-30-20(28)14-5-9-16(10-6-14)23-11-17-18(26)24-21(29)25(19(17)27)12-13-3-7-15(22)8-4-13/h3-11,27H,2,12H2,1H3,(H,24,26,29). The Morgan fingerprint density at radius 1 is 1.17 bits per heavy atom. The first-order valence-corrected chi connectivity index (χ1v) is 9.01. The summed E-state index contributed by atoms with van der Waals surface area (Å²) in [5, 5.41) is 10.4.